The fourth-order valence-electron chi connectivity index (χ4n) is 5.25. The summed E-state index contributed by atoms with van der Waals surface area (Å²) < 4.78 is 1.94. The number of likely N-dealkylation sites (tertiary alicyclic amines) is 1. The maximum atomic E-state index is 13.0. The number of thioether (sulfide) groups is 1. The molecule has 28 heavy (non-hydrogen) atoms. The lowest BCUT2D eigenvalue weighted by molar-refractivity contribution is -0.129. The minimum atomic E-state index is 0.215. The van der Waals surface area contributed by atoms with Crippen LogP contribution in [0.15, 0.2) is 29.4 Å². The van der Waals surface area contributed by atoms with E-state index >= 15 is 0 Å². The van der Waals surface area contributed by atoms with Crippen LogP contribution in [0.3, 0.4) is 0 Å². The van der Waals surface area contributed by atoms with Crippen molar-refractivity contribution < 1.29 is 4.79 Å². The van der Waals surface area contributed by atoms with E-state index in [0.717, 1.165) is 35.9 Å². The van der Waals surface area contributed by atoms with E-state index in [1.165, 1.54) is 18.2 Å². The van der Waals surface area contributed by atoms with Crippen molar-refractivity contribution in [3.8, 4) is 11.4 Å². The molecule has 1 aromatic carbocycles. The van der Waals surface area contributed by atoms with E-state index in [-0.39, 0.29) is 11.3 Å². The van der Waals surface area contributed by atoms with Gasteiger partial charge >= 0.3 is 0 Å². The van der Waals surface area contributed by atoms with E-state index < -0.39 is 0 Å². The van der Waals surface area contributed by atoms with Crippen LogP contribution in [-0.2, 0) is 11.8 Å². The first-order valence-corrected chi connectivity index (χ1v) is 11.1. The fourth-order valence-corrected chi connectivity index (χ4v) is 6.17. The van der Waals surface area contributed by atoms with E-state index in [2.05, 4.69) is 35.9 Å². The second-order valence-electron chi connectivity index (χ2n) is 9.40. The molecule has 1 aromatic heterocycles. The number of rotatable bonds is 4. The number of nitrogens with zero attached hydrogens (tertiary/aromatic N) is 4. The third-order valence-corrected chi connectivity index (χ3v) is 7.25. The first-order chi connectivity index (χ1) is 13.2. The molecule has 2 aliphatic rings. The van der Waals surface area contributed by atoms with Gasteiger partial charge in [0.05, 0.1) is 5.75 Å². The van der Waals surface area contributed by atoms with Crippen LogP contribution in [0.25, 0.3) is 11.4 Å². The molecule has 2 heterocycles. The number of fused-ring (bicyclic) bond motifs is 2. The number of aromatic nitrogens is 3. The lowest BCUT2D eigenvalue weighted by Crippen LogP contribution is -2.38. The minimum absolute atomic E-state index is 0.215. The highest BCUT2D eigenvalue weighted by molar-refractivity contribution is 7.99. The van der Waals surface area contributed by atoms with Crippen LogP contribution in [0.4, 0.5) is 0 Å². The van der Waals surface area contributed by atoms with Crippen LogP contribution >= 0.6 is 23.4 Å². The average molecular weight is 419 g/mol. The molecule has 0 N–H and O–H groups in total. The third-order valence-electron chi connectivity index (χ3n) is 6.00. The Morgan fingerprint density at radius 3 is 2.64 bits per heavy atom. The van der Waals surface area contributed by atoms with Crippen LogP contribution in [0, 0.1) is 10.8 Å². The summed E-state index contributed by atoms with van der Waals surface area (Å²) in [6, 6.07) is 7.92. The molecule has 0 unspecified atom stereocenters. The van der Waals surface area contributed by atoms with Gasteiger partial charge in [0.25, 0.3) is 0 Å². The Morgan fingerprint density at radius 1 is 1.21 bits per heavy atom. The molecule has 2 bridgehead atoms. The van der Waals surface area contributed by atoms with Crippen molar-refractivity contribution in [2.24, 2.45) is 17.9 Å². The maximum absolute atomic E-state index is 13.0. The van der Waals surface area contributed by atoms with Crippen molar-refractivity contribution in [3.63, 3.8) is 0 Å². The Bertz CT molecular complexity index is 894. The summed E-state index contributed by atoms with van der Waals surface area (Å²) in [7, 11) is 1.93. The molecule has 0 spiro atoms. The van der Waals surface area contributed by atoms with Gasteiger partial charge in [-0.1, -0.05) is 44.1 Å². The summed E-state index contributed by atoms with van der Waals surface area (Å²) in [6.45, 7) is 7.88. The standard InChI is InChI=1S/C21H27ClN4OS/c1-20(2)9-16-10-21(3,12-20)13-26(16)17(27)11-28-19-24-23-18(25(19)4)14-5-7-15(22)8-6-14/h5-8,16H,9-13H2,1-4H3/t16-,21-/m1/s1. The van der Waals surface area contributed by atoms with Crippen LogP contribution in [0.2, 0.25) is 5.02 Å². The number of carbonyl (C=O) groups excluding carboxylic acids is 1. The second kappa shape index (κ2) is 7.06. The van der Waals surface area contributed by atoms with E-state index in [0.29, 0.717) is 22.2 Å². The Labute approximate surface area is 175 Å². The molecule has 1 amide bonds. The summed E-state index contributed by atoms with van der Waals surface area (Å²) >= 11 is 7.43. The fraction of sp³-hybridized carbons (Fsp3) is 0.571. The van der Waals surface area contributed by atoms with E-state index in [1.807, 2.05) is 35.9 Å². The SMILES string of the molecule is Cn1c(SCC(=O)N2C[C@]3(C)C[C@H]2CC(C)(C)C3)nnc1-c1ccc(Cl)cc1. The summed E-state index contributed by atoms with van der Waals surface area (Å²) in [5.41, 5.74) is 1.54. The van der Waals surface area contributed by atoms with Gasteiger partial charge in [0, 0.05) is 30.2 Å². The molecule has 0 radical (unpaired) electrons. The maximum Gasteiger partial charge on any atom is 0.233 e. The predicted octanol–water partition coefficient (Wildman–Crippen LogP) is 4.65. The van der Waals surface area contributed by atoms with Crippen molar-refractivity contribution in [1.29, 1.82) is 0 Å². The molecule has 1 saturated heterocycles. The molecule has 4 rings (SSSR count). The monoisotopic (exact) mass is 418 g/mol. The lowest BCUT2D eigenvalue weighted by atomic mass is 9.65. The molecule has 2 atom stereocenters. The molecular formula is C21H27ClN4OS. The zero-order valence-corrected chi connectivity index (χ0v) is 18.5. The van der Waals surface area contributed by atoms with Gasteiger partial charge in [0.1, 0.15) is 0 Å². The zero-order valence-electron chi connectivity index (χ0n) is 16.9. The Hall–Kier alpha value is -1.53. The van der Waals surface area contributed by atoms with Crippen LogP contribution in [0.5, 0.6) is 0 Å². The molecular weight excluding hydrogens is 392 g/mol. The van der Waals surface area contributed by atoms with Crippen LogP contribution in [-0.4, -0.2) is 43.9 Å². The topological polar surface area (TPSA) is 51.0 Å². The highest BCUT2D eigenvalue weighted by Gasteiger charge is 2.50. The zero-order chi connectivity index (χ0) is 20.1. The van der Waals surface area contributed by atoms with Gasteiger partial charge in [-0.3, -0.25) is 4.79 Å². The van der Waals surface area contributed by atoms with Crippen LogP contribution < -0.4 is 0 Å². The highest BCUT2D eigenvalue weighted by Crippen LogP contribution is 2.52. The minimum Gasteiger partial charge on any atom is -0.338 e. The first-order valence-electron chi connectivity index (χ1n) is 9.73. The molecule has 150 valence electrons. The van der Waals surface area contributed by atoms with Gasteiger partial charge in [-0.15, -0.1) is 10.2 Å². The summed E-state index contributed by atoms with van der Waals surface area (Å²) in [5.74, 6) is 1.39. The van der Waals surface area contributed by atoms with Crippen molar-refractivity contribution in [3.05, 3.63) is 29.3 Å². The summed E-state index contributed by atoms with van der Waals surface area (Å²) in [6.07, 6.45) is 3.43. The normalized spacial score (nSPS) is 25.9. The predicted molar refractivity (Wildman–Crippen MR) is 113 cm³/mol. The molecule has 2 fully saturated rings. The lowest BCUT2D eigenvalue weighted by Gasteiger charge is -2.39. The largest absolute Gasteiger partial charge is 0.338 e. The number of benzene rings is 1. The first kappa shape index (κ1) is 19.8. The number of amides is 1. The number of halogens is 1. The number of carbonyl (C=O) groups is 1. The van der Waals surface area contributed by atoms with E-state index in [1.54, 1.807) is 0 Å². The second-order valence-corrected chi connectivity index (χ2v) is 10.8. The molecule has 1 aliphatic carbocycles. The van der Waals surface area contributed by atoms with Crippen molar-refractivity contribution in [2.75, 3.05) is 12.3 Å². The average Bonchev–Trinajstić information content (AvgIpc) is 3.09. The Morgan fingerprint density at radius 2 is 1.93 bits per heavy atom. The smallest absolute Gasteiger partial charge is 0.233 e. The third kappa shape index (κ3) is 3.81. The summed E-state index contributed by atoms with van der Waals surface area (Å²) in [4.78, 5) is 15.1. The molecule has 2 aromatic rings. The highest BCUT2D eigenvalue weighted by atomic mass is 35.5. The van der Waals surface area contributed by atoms with Gasteiger partial charge in [-0.05, 0) is 54.4 Å². The van der Waals surface area contributed by atoms with Crippen molar-refractivity contribution in [2.45, 2.75) is 51.2 Å². The van der Waals surface area contributed by atoms with Gasteiger partial charge in [0.2, 0.25) is 5.91 Å². The Kier molecular flexibility index (Phi) is 4.99. The van der Waals surface area contributed by atoms with Crippen LogP contribution in [0.1, 0.15) is 40.0 Å². The van der Waals surface area contributed by atoms with Crippen molar-refractivity contribution >= 4 is 29.3 Å². The molecule has 5 nitrogen and oxygen atoms in total. The van der Waals surface area contributed by atoms with Gasteiger partial charge in [0.15, 0.2) is 11.0 Å². The van der Waals surface area contributed by atoms with E-state index in [4.69, 9.17) is 11.6 Å². The van der Waals surface area contributed by atoms with Crippen molar-refractivity contribution in [1.82, 2.24) is 19.7 Å². The van der Waals surface area contributed by atoms with Gasteiger partial charge in [-0.25, -0.2) is 0 Å². The Balaban J connectivity index is 1.43. The quantitative estimate of drug-likeness (QED) is 0.678. The van der Waals surface area contributed by atoms with Gasteiger partial charge in [-0.2, -0.15) is 0 Å². The number of hydrogen-bond donors (Lipinski definition) is 0. The summed E-state index contributed by atoms with van der Waals surface area (Å²) in [5, 5.41) is 10.0. The molecule has 1 aliphatic heterocycles. The number of hydrogen-bond acceptors (Lipinski definition) is 4. The van der Waals surface area contributed by atoms with E-state index in [9.17, 15) is 4.79 Å². The molecule has 1 saturated carbocycles. The molecule has 7 heteroatoms. The van der Waals surface area contributed by atoms with Gasteiger partial charge < -0.3 is 9.47 Å².